The number of carbonyl (C=O) groups is 2. The number of anilines is 1. The summed E-state index contributed by atoms with van der Waals surface area (Å²) in [5, 5.41) is 13.7. The van der Waals surface area contributed by atoms with Crippen LogP contribution in [0.1, 0.15) is 28.0 Å². The Labute approximate surface area is 202 Å². The third-order valence-electron chi connectivity index (χ3n) is 6.77. The van der Waals surface area contributed by atoms with Crippen molar-refractivity contribution < 1.29 is 32.6 Å². The van der Waals surface area contributed by atoms with Crippen molar-refractivity contribution in [1.29, 1.82) is 0 Å². The average Bonchev–Trinajstić information content (AvgIpc) is 2.98. The molecule has 9 nitrogen and oxygen atoms in total. The van der Waals surface area contributed by atoms with Gasteiger partial charge in [-0.25, -0.2) is 9.59 Å². The highest BCUT2D eigenvalue weighted by atomic mass is 19.4. The van der Waals surface area contributed by atoms with Gasteiger partial charge in [0.1, 0.15) is 0 Å². The Morgan fingerprint density at radius 1 is 1.14 bits per heavy atom. The highest BCUT2D eigenvalue weighted by molar-refractivity contribution is 6.05. The van der Waals surface area contributed by atoms with Crippen LogP contribution in [0.15, 0.2) is 23.0 Å². The number of halogens is 3. The predicted octanol–water partition coefficient (Wildman–Crippen LogP) is 2.60. The lowest BCUT2D eigenvalue weighted by Crippen LogP contribution is -2.43. The zero-order valence-electron chi connectivity index (χ0n) is 19.3. The predicted molar refractivity (Wildman–Crippen MR) is 125 cm³/mol. The average molecular weight is 504 g/mol. The van der Waals surface area contributed by atoms with E-state index in [0.29, 0.717) is 18.4 Å². The number of pyridine rings is 1. The topological polar surface area (TPSA) is 117 Å². The van der Waals surface area contributed by atoms with E-state index in [-0.39, 0.29) is 17.7 Å². The number of benzene rings is 1. The maximum Gasteiger partial charge on any atom is 0.491 e. The maximum atomic E-state index is 13.0. The Morgan fingerprint density at radius 3 is 2.53 bits per heavy atom. The molecule has 0 bridgehead atoms. The molecular weight excluding hydrogens is 481 g/mol. The monoisotopic (exact) mass is 504 g/mol. The number of aromatic amines is 1. The first-order chi connectivity index (χ1) is 17.1. The molecule has 1 saturated heterocycles. The number of hydrogen-bond donors (Lipinski definition) is 3. The van der Waals surface area contributed by atoms with Crippen LogP contribution >= 0.6 is 0 Å². The summed E-state index contributed by atoms with van der Waals surface area (Å²) in [7, 11) is 1.90. The lowest BCUT2D eigenvalue weighted by Gasteiger charge is -2.30. The molecule has 1 aliphatic carbocycles. The van der Waals surface area contributed by atoms with Crippen LogP contribution in [0.5, 0.6) is 5.75 Å². The van der Waals surface area contributed by atoms with Gasteiger partial charge in [0.25, 0.3) is 5.56 Å². The number of alkyl halides is 3. The van der Waals surface area contributed by atoms with E-state index >= 15 is 0 Å². The smallest absolute Gasteiger partial charge is 0.477 e. The van der Waals surface area contributed by atoms with E-state index in [4.69, 9.17) is 0 Å². The number of hydrogen-bond acceptors (Lipinski definition) is 6. The van der Waals surface area contributed by atoms with Gasteiger partial charge in [-0.2, -0.15) is 13.2 Å². The standard InChI is InChI=1S/C24H23F3N4O5/c1-30-14-6-3-5-13-18(29-21(32)17(22(33)34)20(13)36-23(35)24(25,26)27)16(14)12-4-2-7-15(19(12)30)31-10-8-28-9-11-31/h2,4,7,28H,3,5-6,8-11H2,1H3,(H,29,32)(H,33,34). The molecule has 3 N–H and O–H groups in total. The summed E-state index contributed by atoms with van der Waals surface area (Å²) in [4.78, 5) is 41.2. The van der Waals surface area contributed by atoms with Gasteiger partial charge < -0.3 is 29.6 Å². The number of fused-ring (bicyclic) bond motifs is 5. The minimum atomic E-state index is -5.36. The van der Waals surface area contributed by atoms with Gasteiger partial charge in [-0.15, -0.1) is 0 Å². The molecule has 5 rings (SSSR count). The molecule has 3 aromatic rings. The number of ether oxygens (including phenoxy) is 1. The fourth-order valence-corrected chi connectivity index (χ4v) is 5.24. The molecule has 1 aliphatic heterocycles. The molecule has 12 heteroatoms. The van der Waals surface area contributed by atoms with Crippen LogP contribution in [-0.2, 0) is 24.7 Å². The van der Waals surface area contributed by atoms with Crippen LogP contribution < -0.4 is 20.5 Å². The first kappa shape index (κ1) is 23.9. The van der Waals surface area contributed by atoms with Gasteiger partial charge in [-0.1, -0.05) is 12.1 Å². The third kappa shape index (κ3) is 3.81. The fourth-order valence-electron chi connectivity index (χ4n) is 5.24. The van der Waals surface area contributed by atoms with Gasteiger partial charge in [0, 0.05) is 55.4 Å². The summed E-state index contributed by atoms with van der Waals surface area (Å²) >= 11 is 0. The molecule has 0 radical (unpaired) electrons. The molecule has 2 aromatic heterocycles. The summed E-state index contributed by atoms with van der Waals surface area (Å²) in [6, 6.07) is 5.74. The second-order valence-corrected chi connectivity index (χ2v) is 8.85. The van der Waals surface area contributed by atoms with E-state index in [9.17, 15) is 32.7 Å². The number of carboxylic acids is 1. The first-order valence-corrected chi connectivity index (χ1v) is 11.5. The Kier molecular flexibility index (Phi) is 5.78. The lowest BCUT2D eigenvalue weighted by molar-refractivity contribution is -0.189. The number of nitrogens with zero attached hydrogens (tertiary/aromatic N) is 2. The summed E-state index contributed by atoms with van der Waals surface area (Å²) in [6.45, 7) is 3.23. The zero-order valence-corrected chi connectivity index (χ0v) is 19.3. The van der Waals surface area contributed by atoms with Crippen LogP contribution in [0.3, 0.4) is 0 Å². The van der Waals surface area contributed by atoms with Crippen molar-refractivity contribution in [2.24, 2.45) is 7.05 Å². The molecule has 36 heavy (non-hydrogen) atoms. The van der Waals surface area contributed by atoms with E-state index < -0.39 is 35.0 Å². The van der Waals surface area contributed by atoms with E-state index in [1.165, 1.54) is 0 Å². The zero-order chi connectivity index (χ0) is 25.8. The van der Waals surface area contributed by atoms with Crippen LogP contribution in [-0.4, -0.2) is 59.0 Å². The van der Waals surface area contributed by atoms with E-state index in [1.807, 2.05) is 29.8 Å². The minimum absolute atomic E-state index is 0.0587. The van der Waals surface area contributed by atoms with Gasteiger partial charge in [-0.3, -0.25) is 4.79 Å². The van der Waals surface area contributed by atoms with E-state index in [1.54, 1.807) is 0 Å². The largest absolute Gasteiger partial charge is 0.491 e. The third-order valence-corrected chi connectivity index (χ3v) is 6.77. The van der Waals surface area contributed by atoms with Crippen molar-refractivity contribution in [3.05, 3.63) is 45.4 Å². The van der Waals surface area contributed by atoms with Crippen LogP contribution in [0, 0.1) is 0 Å². The van der Waals surface area contributed by atoms with Crippen molar-refractivity contribution in [1.82, 2.24) is 14.9 Å². The number of rotatable bonds is 3. The number of nitrogens with one attached hydrogen (secondary N) is 2. The molecule has 1 aromatic carbocycles. The molecule has 0 amide bonds. The number of esters is 1. The highest BCUT2D eigenvalue weighted by Crippen LogP contribution is 2.44. The van der Waals surface area contributed by atoms with Gasteiger partial charge >= 0.3 is 18.1 Å². The number of aromatic nitrogens is 2. The Morgan fingerprint density at radius 2 is 1.86 bits per heavy atom. The van der Waals surface area contributed by atoms with Gasteiger partial charge in [0.15, 0.2) is 11.3 Å². The first-order valence-electron chi connectivity index (χ1n) is 11.5. The SMILES string of the molecule is Cn1c2c(c3cccc(N4CCNCC4)c31)-c1[nH]c(=O)c(C(=O)O)c(OC(=O)C(F)(F)F)c1CCC2. The summed E-state index contributed by atoms with van der Waals surface area (Å²) in [5.74, 6) is -5.22. The van der Waals surface area contributed by atoms with Crippen molar-refractivity contribution >= 4 is 28.5 Å². The molecule has 0 spiro atoms. The van der Waals surface area contributed by atoms with Crippen LogP contribution in [0.2, 0.25) is 0 Å². The molecule has 2 aliphatic rings. The molecule has 1 fully saturated rings. The molecule has 0 atom stereocenters. The highest BCUT2D eigenvalue weighted by Gasteiger charge is 2.43. The van der Waals surface area contributed by atoms with E-state index in [2.05, 4.69) is 19.9 Å². The van der Waals surface area contributed by atoms with Gasteiger partial charge in [-0.05, 0) is 25.3 Å². The summed E-state index contributed by atoms with van der Waals surface area (Å²) in [5.41, 5.74) is 1.38. The number of piperazine rings is 1. The Bertz CT molecular complexity index is 1450. The van der Waals surface area contributed by atoms with Crippen LogP contribution in [0.25, 0.3) is 22.2 Å². The summed E-state index contributed by atoms with van der Waals surface area (Å²) < 4.78 is 45.7. The second kappa shape index (κ2) is 8.70. The fraction of sp³-hybridized carbons (Fsp3) is 0.375. The maximum absolute atomic E-state index is 13.0. The molecular formula is C24H23F3N4O5. The minimum Gasteiger partial charge on any atom is -0.477 e. The van der Waals surface area contributed by atoms with Gasteiger partial charge in [0.05, 0.1) is 16.9 Å². The Hall–Kier alpha value is -3.80. The van der Waals surface area contributed by atoms with Crippen molar-refractivity contribution in [2.75, 3.05) is 31.1 Å². The van der Waals surface area contributed by atoms with Crippen molar-refractivity contribution in [3.8, 4) is 17.0 Å². The number of carboxylic acid groups (broad SMARTS) is 1. The quantitative estimate of drug-likeness (QED) is 0.470. The van der Waals surface area contributed by atoms with Crippen molar-refractivity contribution in [2.45, 2.75) is 25.4 Å². The molecule has 190 valence electrons. The molecule has 0 saturated carbocycles. The van der Waals surface area contributed by atoms with Gasteiger partial charge in [0.2, 0.25) is 0 Å². The lowest BCUT2D eigenvalue weighted by atomic mass is 9.99. The number of H-pyrrole nitrogens is 1. The number of para-hydroxylation sites is 1. The number of aromatic carboxylic acids is 1. The number of carbonyl (C=O) groups excluding carboxylic acids is 1. The number of aryl methyl sites for hydroxylation is 1. The summed E-state index contributed by atoms with van der Waals surface area (Å²) in [6.07, 6.45) is -4.29. The molecule has 3 heterocycles. The van der Waals surface area contributed by atoms with E-state index in [0.717, 1.165) is 48.5 Å². The van der Waals surface area contributed by atoms with Crippen LogP contribution in [0.4, 0.5) is 18.9 Å². The second-order valence-electron chi connectivity index (χ2n) is 8.85. The Balaban J connectivity index is 1.79. The normalized spacial score (nSPS) is 15.8. The van der Waals surface area contributed by atoms with Crippen molar-refractivity contribution in [3.63, 3.8) is 0 Å². The molecule has 0 unspecified atom stereocenters.